The molecule has 14 heavy (non-hydrogen) atoms. The summed E-state index contributed by atoms with van der Waals surface area (Å²) in [5.74, 6) is -0.446. The van der Waals surface area contributed by atoms with Crippen molar-refractivity contribution >= 4 is 11.9 Å². The van der Waals surface area contributed by atoms with Gasteiger partial charge in [0.15, 0.2) is 0 Å². The van der Waals surface area contributed by atoms with Crippen LogP contribution in [0.5, 0.6) is 0 Å². The van der Waals surface area contributed by atoms with Crippen LogP contribution in [0.3, 0.4) is 0 Å². The van der Waals surface area contributed by atoms with Gasteiger partial charge >= 0.3 is 5.97 Å². The van der Waals surface area contributed by atoms with Crippen molar-refractivity contribution in [2.45, 2.75) is 24.8 Å². The SMILES string of the molecule is Cn1nnnc1NC1(C(=O)O)CCC1. The Balaban J connectivity index is 2.17. The zero-order chi connectivity index (χ0) is 10.2. The minimum Gasteiger partial charge on any atom is -0.480 e. The van der Waals surface area contributed by atoms with Gasteiger partial charge in [0, 0.05) is 7.05 Å². The molecule has 0 aliphatic heterocycles. The van der Waals surface area contributed by atoms with Gasteiger partial charge in [-0.05, 0) is 29.7 Å². The molecular formula is C7H11N5O2. The number of nitrogens with zero attached hydrogens (tertiary/aromatic N) is 4. The third-order valence-corrected chi connectivity index (χ3v) is 2.59. The van der Waals surface area contributed by atoms with E-state index in [4.69, 9.17) is 5.11 Å². The van der Waals surface area contributed by atoms with Crippen LogP contribution in [-0.4, -0.2) is 36.8 Å². The summed E-state index contributed by atoms with van der Waals surface area (Å²) in [6.07, 6.45) is 2.16. The molecule has 7 heteroatoms. The summed E-state index contributed by atoms with van der Waals surface area (Å²) >= 11 is 0. The Morgan fingerprint density at radius 2 is 2.36 bits per heavy atom. The molecule has 76 valence electrons. The van der Waals surface area contributed by atoms with Crippen LogP contribution in [0.15, 0.2) is 0 Å². The van der Waals surface area contributed by atoms with Gasteiger partial charge in [-0.1, -0.05) is 5.10 Å². The molecule has 1 aromatic rings. The molecule has 2 N–H and O–H groups in total. The number of aromatic nitrogens is 4. The first-order valence-corrected chi connectivity index (χ1v) is 4.38. The number of carboxylic acids is 1. The molecule has 1 heterocycles. The fraction of sp³-hybridized carbons (Fsp3) is 0.714. The summed E-state index contributed by atoms with van der Waals surface area (Å²) in [6, 6.07) is 0. The third kappa shape index (κ3) is 1.21. The smallest absolute Gasteiger partial charge is 0.329 e. The Labute approximate surface area is 80.1 Å². The topological polar surface area (TPSA) is 92.9 Å². The molecule has 0 atom stereocenters. The molecule has 0 spiro atoms. The molecule has 7 nitrogen and oxygen atoms in total. The maximum atomic E-state index is 11.0. The Morgan fingerprint density at radius 3 is 2.71 bits per heavy atom. The van der Waals surface area contributed by atoms with E-state index in [0.717, 1.165) is 6.42 Å². The van der Waals surface area contributed by atoms with Gasteiger partial charge in [0.05, 0.1) is 0 Å². The fourth-order valence-corrected chi connectivity index (χ4v) is 1.47. The molecule has 0 amide bonds. The van der Waals surface area contributed by atoms with Crippen molar-refractivity contribution in [1.82, 2.24) is 20.2 Å². The van der Waals surface area contributed by atoms with E-state index in [1.54, 1.807) is 7.05 Å². The van der Waals surface area contributed by atoms with Gasteiger partial charge in [-0.15, -0.1) is 0 Å². The molecular weight excluding hydrogens is 186 g/mol. The summed E-state index contributed by atoms with van der Waals surface area (Å²) in [5, 5.41) is 22.6. The van der Waals surface area contributed by atoms with Gasteiger partial charge in [0.25, 0.3) is 0 Å². The Hall–Kier alpha value is -1.66. The number of rotatable bonds is 3. The van der Waals surface area contributed by atoms with Crippen molar-refractivity contribution in [3.05, 3.63) is 0 Å². The minimum absolute atomic E-state index is 0.395. The van der Waals surface area contributed by atoms with Crippen LogP contribution in [0.1, 0.15) is 19.3 Å². The van der Waals surface area contributed by atoms with Crippen LogP contribution in [0, 0.1) is 0 Å². The summed E-state index contributed by atoms with van der Waals surface area (Å²) in [6.45, 7) is 0. The number of hydrogen-bond acceptors (Lipinski definition) is 5. The molecule has 1 aromatic heterocycles. The normalized spacial score (nSPS) is 18.6. The Bertz CT molecular complexity index is 357. The highest BCUT2D eigenvalue weighted by Crippen LogP contribution is 2.34. The number of aryl methyl sites for hydroxylation is 1. The minimum atomic E-state index is -0.859. The van der Waals surface area contributed by atoms with Crippen LogP contribution in [0.4, 0.5) is 5.95 Å². The highest BCUT2D eigenvalue weighted by Gasteiger charge is 2.45. The van der Waals surface area contributed by atoms with Gasteiger partial charge in [-0.25, -0.2) is 9.48 Å². The van der Waals surface area contributed by atoms with E-state index in [9.17, 15) is 4.79 Å². The molecule has 1 fully saturated rings. The Kier molecular flexibility index (Phi) is 1.87. The van der Waals surface area contributed by atoms with Crippen LogP contribution in [0.25, 0.3) is 0 Å². The zero-order valence-electron chi connectivity index (χ0n) is 7.77. The zero-order valence-corrected chi connectivity index (χ0v) is 7.77. The molecule has 1 aliphatic carbocycles. The summed E-state index contributed by atoms with van der Waals surface area (Å²) < 4.78 is 1.42. The third-order valence-electron chi connectivity index (χ3n) is 2.59. The van der Waals surface area contributed by atoms with E-state index in [2.05, 4.69) is 20.8 Å². The maximum Gasteiger partial charge on any atom is 0.329 e. The molecule has 2 rings (SSSR count). The monoisotopic (exact) mass is 197 g/mol. The molecule has 0 saturated heterocycles. The van der Waals surface area contributed by atoms with Crippen molar-refractivity contribution < 1.29 is 9.90 Å². The number of nitrogens with one attached hydrogen (secondary N) is 1. The van der Waals surface area contributed by atoms with E-state index in [1.165, 1.54) is 4.68 Å². The summed E-state index contributed by atoms with van der Waals surface area (Å²) in [7, 11) is 1.66. The van der Waals surface area contributed by atoms with Crippen molar-refractivity contribution in [2.24, 2.45) is 7.05 Å². The average Bonchev–Trinajstić information content (AvgIpc) is 2.43. The van der Waals surface area contributed by atoms with Crippen molar-refractivity contribution in [3.8, 4) is 0 Å². The highest BCUT2D eigenvalue weighted by atomic mass is 16.4. The predicted molar refractivity (Wildman–Crippen MR) is 46.6 cm³/mol. The maximum absolute atomic E-state index is 11.0. The summed E-state index contributed by atoms with van der Waals surface area (Å²) in [5.41, 5.74) is -0.859. The second-order valence-corrected chi connectivity index (χ2v) is 3.49. The molecule has 0 unspecified atom stereocenters. The predicted octanol–water partition coefficient (Wildman–Crippen LogP) is -0.371. The number of tetrazole rings is 1. The first-order valence-electron chi connectivity index (χ1n) is 4.38. The fourth-order valence-electron chi connectivity index (χ4n) is 1.47. The number of aliphatic carboxylic acids is 1. The average molecular weight is 197 g/mol. The number of hydrogen-bond donors (Lipinski definition) is 2. The number of anilines is 1. The molecule has 1 saturated carbocycles. The number of carbonyl (C=O) groups is 1. The lowest BCUT2D eigenvalue weighted by molar-refractivity contribution is -0.145. The first-order chi connectivity index (χ1) is 6.64. The van der Waals surface area contributed by atoms with Crippen molar-refractivity contribution in [3.63, 3.8) is 0 Å². The van der Waals surface area contributed by atoms with Crippen LogP contribution >= 0.6 is 0 Å². The second-order valence-electron chi connectivity index (χ2n) is 3.49. The second kappa shape index (κ2) is 2.93. The highest BCUT2D eigenvalue weighted by molar-refractivity contribution is 5.83. The van der Waals surface area contributed by atoms with E-state index in [-0.39, 0.29) is 0 Å². The number of carboxylic acid groups (broad SMARTS) is 1. The van der Waals surface area contributed by atoms with Crippen LogP contribution in [0.2, 0.25) is 0 Å². The molecule has 0 bridgehead atoms. The standard InChI is InChI=1S/C7H11N5O2/c1-12-6(9-10-11-12)8-7(5(13)14)3-2-4-7/h2-4H2,1H3,(H,13,14)(H,8,9,11). The lowest BCUT2D eigenvalue weighted by Crippen LogP contribution is -2.52. The lowest BCUT2D eigenvalue weighted by Gasteiger charge is -2.38. The lowest BCUT2D eigenvalue weighted by atomic mass is 9.77. The quantitative estimate of drug-likeness (QED) is 0.686. The van der Waals surface area contributed by atoms with E-state index in [0.29, 0.717) is 18.8 Å². The van der Waals surface area contributed by atoms with E-state index < -0.39 is 11.5 Å². The van der Waals surface area contributed by atoms with Gasteiger partial charge < -0.3 is 10.4 Å². The van der Waals surface area contributed by atoms with Crippen LogP contribution in [-0.2, 0) is 11.8 Å². The van der Waals surface area contributed by atoms with Gasteiger partial charge in [-0.2, -0.15) is 0 Å². The molecule has 1 aliphatic rings. The van der Waals surface area contributed by atoms with E-state index >= 15 is 0 Å². The Morgan fingerprint density at radius 1 is 1.64 bits per heavy atom. The molecule has 0 aromatic carbocycles. The van der Waals surface area contributed by atoms with Crippen LogP contribution < -0.4 is 5.32 Å². The summed E-state index contributed by atoms with van der Waals surface area (Å²) in [4.78, 5) is 11.0. The van der Waals surface area contributed by atoms with Gasteiger partial charge in [-0.3, -0.25) is 0 Å². The van der Waals surface area contributed by atoms with Gasteiger partial charge in [0.2, 0.25) is 5.95 Å². The van der Waals surface area contributed by atoms with E-state index in [1.807, 2.05) is 0 Å². The first kappa shape index (κ1) is 8.92. The van der Waals surface area contributed by atoms with Crippen molar-refractivity contribution in [1.29, 1.82) is 0 Å². The largest absolute Gasteiger partial charge is 0.480 e. The van der Waals surface area contributed by atoms with Crippen molar-refractivity contribution in [2.75, 3.05) is 5.32 Å². The molecule has 0 radical (unpaired) electrons. The van der Waals surface area contributed by atoms with Gasteiger partial charge in [0.1, 0.15) is 5.54 Å².